The Labute approximate surface area is 290 Å². The minimum absolute atomic E-state index is 0.0441. The zero-order valence-electron chi connectivity index (χ0n) is 28.7. The van der Waals surface area contributed by atoms with Crippen LogP contribution < -0.4 is 30.7 Å². The molecule has 3 aromatic rings. The number of aromatic nitrogens is 3. The van der Waals surface area contributed by atoms with Crippen LogP contribution in [0.25, 0.3) is 11.4 Å². The zero-order valence-corrected chi connectivity index (χ0v) is 28.7. The molecule has 2 aliphatic heterocycles. The predicted molar refractivity (Wildman–Crippen MR) is 182 cm³/mol. The minimum atomic E-state index is -1.02. The van der Waals surface area contributed by atoms with Gasteiger partial charge in [0.1, 0.15) is 37.7 Å². The Kier molecular flexibility index (Phi) is 11.7. The van der Waals surface area contributed by atoms with E-state index in [0.717, 1.165) is 5.56 Å². The Morgan fingerprint density at radius 2 is 1.64 bits per heavy atom. The smallest absolute Gasteiger partial charge is 0.258 e. The first kappa shape index (κ1) is 35.8. The van der Waals surface area contributed by atoms with Crippen LogP contribution in [0.4, 0.5) is 0 Å². The largest absolute Gasteiger partial charge is 0.486 e. The van der Waals surface area contributed by atoms with Gasteiger partial charge in [0.05, 0.1) is 18.2 Å². The van der Waals surface area contributed by atoms with Crippen molar-refractivity contribution < 1.29 is 33.4 Å². The molecule has 4 N–H and O–H groups in total. The molecule has 266 valence electrons. The standard InChI is InChI=1S/C35H44N8O7/c1-21(2)18-26-34(47)38-22(3)32-40-31(24-10-6-5-7-11-24)41-43(32)20-28(44)36-14-9-15-42(19-29(45)37-23(4)33(46)39-26)35(48)25-12-8-13-27-30(25)50-17-16-49-27/h5-8,10-13,21-23,26H,9,14-20H2,1-4H3,(H,36,44)(H,37,45)(H,38,47)(H,39,46)/t22-,23+,26+/m0/s1. The third kappa shape index (κ3) is 8.95. The average molecular weight is 689 g/mol. The van der Waals surface area contributed by atoms with Crippen LogP contribution in [-0.2, 0) is 25.7 Å². The lowest BCUT2D eigenvalue weighted by Gasteiger charge is -2.27. The van der Waals surface area contributed by atoms with Crippen molar-refractivity contribution in [1.82, 2.24) is 40.9 Å². The van der Waals surface area contributed by atoms with E-state index in [9.17, 15) is 24.0 Å². The number of carbonyl (C=O) groups is 5. The summed E-state index contributed by atoms with van der Waals surface area (Å²) in [5.41, 5.74) is 0.969. The number of rotatable bonds is 4. The second-order valence-corrected chi connectivity index (χ2v) is 12.8. The Bertz CT molecular complexity index is 1710. The summed E-state index contributed by atoms with van der Waals surface area (Å²) in [4.78, 5) is 73.2. The summed E-state index contributed by atoms with van der Waals surface area (Å²) < 4.78 is 12.8. The highest BCUT2D eigenvalue weighted by atomic mass is 16.6. The number of hydrogen-bond acceptors (Lipinski definition) is 9. The second kappa shape index (κ2) is 16.3. The summed E-state index contributed by atoms with van der Waals surface area (Å²) in [6.45, 7) is 7.46. The third-order valence-corrected chi connectivity index (χ3v) is 8.23. The first-order valence-electron chi connectivity index (χ1n) is 16.8. The number of carbonyl (C=O) groups excluding carboxylic acids is 5. The Hall–Kier alpha value is -5.47. The number of ether oxygens (including phenoxy) is 2. The van der Waals surface area contributed by atoms with Crippen molar-refractivity contribution in [3.8, 4) is 22.9 Å². The maximum atomic E-state index is 13.8. The number of nitrogens with one attached hydrogen (secondary N) is 4. The number of para-hydroxylation sites is 1. The Morgan fingerprint density at radius 3 is 2.40 bits per heavy atom. The fourth-order valence-electron chi connectivity index (χ4n) is 5.76. The maximum absolute atomic E-state index is 13.8. The molecule has 2 aromatic carbocycles. The van der Waals surface area contributed by atoms with E-state index in [4.69, 9.17) is 9.47 Å². The molecule has 0 radical (unpaired) electrons. The van der Waals surface area contributed by atoms with E-state index < -0.39 is 41.8 Å². The van der Waals surface area contributed by atoms with Gasteiger partial charge in [0.15, 0.2) is 17.3 Å². The summed E-state index contributed by atoms with van der Waals surface area (Å²) in [5, 5.41) is 15.8. The number of hydrogen-bond donors (Lipinski definition) is 4. The van der Waals surface area contributed by atoms with E-state index in [1.54, 1.807) is 25.1 Å². The van der Waals surface area contributed by atoms with Crippen LogP contribution in [0, 0.1) is 5.92 Å². The highest BCUT2D eigenvalue weighted by molar-refractivity contribution is 6.00. The van der Waals surface area contributed by atoms with Gasteiger partial charge in [-0.1, -0.05) is 50.2 Å². The van der Waals surface area contributed by atoms with Gasteiger partial charge in [-0.15, -0.1) is 0 Å². The Balaban J connectivity index is 1.43. The molecule has 2 aliphatic rings. The van der Waals surface area contributed by atoms with Gasteiger partial charge in [-0.3, -0.25) is 24.0 Å². The number of fused-ring (bicyclic) bond motifs is 2. The molecular weight excluding hydrogens is 644 g/mol. The lowest BCUT2D eigenvalue weighted by atomic mass is 10.0. The number of nitrogens with zero attached hydrogens (tertiary/aromatic N) is 4. The highest BCUT2D eigenvalue weighted by Gasteiger charge is 2.30. The van der Waals surface area contributed by atoms with Crippen molar-refractivity contribution in [1.29, 1.82) is 0 Å². The molecule has 5 amide bonds. The number of benzene rings is 2. The molecule has 0 fully saturated rings. The zero-order chi connectivity index (χ0) is 35.8. The van der Waals surface area contributed by atoms with Gasteiger partial charge in [-0.2, -0.15) is 5.10 Å². The molecule has 50 heavy (non-hydrogen) atoms. The summed E-state index contributed by atoms with van der Waals surface area (Å²) in [5.74, 6) is -0.905. The molecule has 0 unspecified atom stereocenters. The van der Waals surface area contributed by atoms with E-state index in [-0.39, 0.29) is 50.2 Å². The van der Waals surface area contributed by atoms with Gasteiger partial charge in [0.2, 0.25) is 23.6 Å². The van der Waals surface area contributed by atoms with E-state index in [1.165, 1.54) is 16.5 Å². The molecule has 3 atom stereocenters. The van der Waals surface area contributed by atoms with Crippen LogP contribution in [0.5, 0.6) is 11.5 Å². The molecule has 0 bridgehead atoms. The summed E-state index contributed by atoms with van der Waals surface area (Å²) in [7, 11) is 0. The molecule has 0 saturated carbocycles. The quantitative estimate of drug-likeness (QED) is 0.316. The van der Waals surface area contributed by atoms with E-state index in [2.05, 4.69) is 31.3 Å². The molecule has 3 heterocycles. The fraction of sp³-hybridized carbons (Fsp3) is 0.457. The SMILES string of the molecule is CC(C)C[C@H]1NC(=O)[C@@H](C)NC(=O)CN(C(=O)c2cccc3c2OCCO3)CCCNC(=O)Cn2nc(-c3ccccc3)nc2[C@H](C)NC1=O. The van der Waals surface area contributed by atoms with Crippen LogP contribution in [0.1, 0.15) is 62.8 Å². The van der Waals surface area contributed by atoms with Gasteiger partial charge in [-0.25, -0.2) is 9.67 Å². The van der Waals surface area contributed by atoms with Crippen LogP contribution in [0.3, 0.4) is 0 Å². The number of amides is 5. The summed E-state index contributed by atoms with van der Waals surface area (Å²) in [6, 6.07) is 11.6. The van der Waals surface area contributed by atoms with Crippen molar-refractivity contribution in [3.63, 3.8) is 0 Å². The van der Waals surface area contributed by atoms with Crippen molar-refractivity contribution in [2.24, 2.45) is 5.92 Å². The van der Waals surface area contributed by atoms with E-state index in [1.807, 2.05) is 44.2 Å². The van der Waals surface area contributed by atoms with Crippen molar-refractivity contribution in [3.05, 3.63) is 59.9 Å². The lowest BCUT2D eigenvalue weighted by Crippen LogP contribution is -2.54. The Morgan fingerprint density at radius 1 is 0.880 bits per heavy atom. The first-order valence-corrected chi connectivity index (χ1v) is 16.8. The van der Waals surface area contributed by atoms with E-state index in [0.29, 0.717) is 42.6 Å². The first-order chi connectivity index (χ1) is 24.0. The van der Waals surface area contributed by atoms with Gasteiger partial charge in [0.25, 0.3) is 5.91 Å². The minimum Gasteiger partial charge on any atom is -0.486 e. The molecular formula is C35H44N8O7. The van der Waals surface area contributed by atoms with Crippen molar-refractivity contribution >= 4 is 29.5 Å². The fourth-order valence-corrected chi connectivity index (χ4v) is 5.76. The van der Waals surface area contributed by atoms with E-state index >= 15 is 0 Å². The average Bonchev–Trinajstić information content (AvgIpc) is 3.52. The van der Waals surface area contributed by atoms with Crippen LogP contribution in [-0.4, -0.2) is 94.1 Å². The summed E-state index contributed by atoms with van der Waals surface area (Å²) in [6.07, 6.45) is 0.640. The van der Waals surface area contributed by atoms with Crippen LogP contribution in [0.2, 0.25) is 0 Å². The predicted octanol–water partition coefficient (Wildman–Crippen LogP) is 1.59. The highest BCUT2D eigenvalue weighted by Crippen LogP contribution is 2.34. The van der Waals surface area contributed by atoms with Gasteiger partial charge >= 0.3 is 0 Å². The molecule has 15 heteroatoms. The molecule has 5 rings (SSSR count). The second-order valence-electron chi connectivity index (χ2n) is 12.8. The topological polar surface area (TPSA) is 186 Å². The summed E-state index contributed by atoms with van der Waals surface area (Å²) >= 11 is 0. The lowest BCUT2D eigenvalue weighted by molar-refractivity contribution is -0.132. The monoisotopic (exact) mass is 688 g/mol. The van der Waals surface area contributed by atoms with Crippen LogP contribution >= 0.6 is 0 Å². The molecule has 15 nitrogen and oxygen atoms in total. The normalized spacial score (nSPS) is 21.1. The molecule has 0 saturated heterocycles. The van der Waals surface area contributed by atoms with Gasteiger partial charge in [-0.05, 0) is 44.7 Å². The molecule has 0 spiro atoms. The molecule has 0 aliphatic carbocycles. The van der Waals surface area contributed by atoms with Crippen LogP contribution in [0.15, 0.2) is 48.5 Å². The third-order valence-electron chi connectivity index (χ3n) is 8.23. The molecule has 1 aromatic heterocycles. The van der Waals surface area contributed by atoms with Crippen molar-refractivity contribution in [2.75, 3.05) is 32.8 Å². The van der Waals surface area contributed by atoms with Crippen molar-refractivity contribution in [2.45, 2.75) is 65.2 Å². The van der Waals surface area contributed by atoms with Gasteiger partial charge < -0.3 is 35.6 Å². The van der Waals surface area contributed by atoms with Gasteiger partial charge in [0, 0.05) is 18.7 Å². The maximum Gasteiger partial charge on any atom is 0.258 e.